The van der Waals surface area contributed by atoms with Crippen molar-refractivity contribution < 1.29 is 14.3 Å². The molecule has 1 aromatic heterocycles. The van der Waals surface area contributed by atoms with Gasteiger partial charge >= 0.3 is 0 Å². The maximum absolute atomic E-state index is 12.3. The highest BCUT2D eigenvalue weighted by Gasteiger charge is 2.09. The van der Waals surface area contributed by atoms with Gasteiger partial charge in [0.25, 0.3) is 5.91 Å². The van der Waals surface area contributed by atoms with Crippen molar-refractivity contribution in [2.24, 2.45) is 0 Å². The van der Waals surface area contributed by atoms with Gasteiger partial charge in [0.05, 0.1) is 25.0 Å². The van der Waals surface area contributed by atoms with Crippen LogP contribution in [0.25, 0.3) is 0 Å². The lowest BCUT2D eigenvalue weighted by Crippen LogP contribution is -2.26. The normalized spacial score (nSPS) is 10.3. The van der Waals surface area contributed by atoms with Gasteiger partial charge in [-0.2, -0.15) is 0 Å². The number of methoxy groups -OCH3 is 1. The van der Waals surface area contributed by atoms with Gasteiger partial charge in [0.15, 0.2) is 0 Å². The first kappa shape index (κ1) is 20.1. The third-order valence-corrected chi connectivity index (χ3v) is 4.18. The van der Waals surface area contributed by atoms with E-state index in [2.05, 4.69) is 20.6 Å². The van der Waals surface area contributed by atoms with Gasteiger partial charge in [-0.25, -0.2) is 9.97 Å². The van der Waals surface area contributed by atoms with E-state index in [0.29, 0.717) is 31.1 Å². The molecule has 0 bridgehead atoms. The quantitative estimate of drug-likeness (QED) is 0.579. The second-order valence-electron chi connectivity index (χ2n) is 6.21. The Balaban J connectivity index is 1.55. The SMILES string of the molecule is CCOc1ccccc1Nc1ncc(C(=O)NCCc2cccc(OC)c2)cn1. The van der Waals surface area contributed by atoms with Crippen molar-refractivity contribution >= 4 is 17.5 Å². The number of carbonyl (C=O) groups is 1. The Morgan fingerprint density at radius 3 is 2.62 bits per heavy atom. The molecule has 0 aliphatic carbocycles. The fraction of sp³-hybridized carbons (Fsp3) is 0.227. The third-order valence-electron chi connectivity index (χ3n) is 4.18. The van der Waals surface area contributed by atoms with Crippen LogP contribution < -0.4 is 20.1 Å². The summed E-state index contributed by atoms with van der Waals surface area (Å²) in [6.07, 6.45) is 3.71. The Kier molecular flexibility index (Phi) is 7.00. The van der Waals surface area contributed by atoms with Gasteiger partial charge in [0.2, 0.25) is 5.95 Å². The summed E-state index contributed by atoms with van der Waals surface area (Å²) in [6, 6.07) is 15.3. The fourth-order valence-electron chi connectivity index (χ4n) is 2.73. The summed E-state index contributed by atoms with van der Waals surface area (Å²) in [4.78, 5) is 20.8. The maximum atomic E-state index is 12.3. The number of benzene rings is 2. The van der Waals surface area contributed by atoms with Crippen LogP contribution in [0.1, 0.15) is 22.8 Å². The van der Waals surface area contributed by atoms with E-state index < -0.39 is 0 Å². The smallest absolute Gasteiger partial charge is 0.254 e. The minimum Gasteiger partial charge on any atom is -0.497 e. The van der Waals surface area contributed by atoms with E-state index in [-0.39, 0.29) is 5.91 Å². The zero-order valence-electron chi connectivity index (χ0n) is 16.5. The van der Waals surface area contributed by atoms with Crippen molar-refractivity contribution in [1.82, 2.24) is 15.3 Å². The van der Waals surface area contributed by atoms with E-state index in [1.165, 1.54) is 12.4 Å². The Bertz CT molecular complexity index is 945. The van der Waals surface area contributed by atoms with E-state index >= 15 is 0 Å². The molecule has 1 heterocycles. The molecular weight excluding hydrogens is 368 g/mol. The molecule has 7 nitrogen and oxygen atoms in total. The number of aromatic nitrogens is 2. The molecule has 0 saturated heterocycles. The van der Waals surface area contributed by atoms with Gasteiger partial charge in [-0.3, -0.25) is 4.79 Å². The molecule has 3 aromatic rings. The molecule has 0 aliphatic rings. The monoisotopic (exact) mass is 392 g/mol. The summed E-state index contributed by atoms with van der Waals surface area (Å²) >= 11 is 0. The molecule has 0 spiro atoms. The molecule has 0 atom stereocenters. The minimum absolute atomic E-state index is 0.214. The lowest BCUT2D eigenvalue weighted by Gasteiger charge is -2.11. The number of para-hydroxylation sites is 2. The average Bonchev–Trinajstić information content (AvgIpc) is 2.76. The highest BCUT2D eigenvalue weighted by atomic mass is 16.5. The third kappa shape index (κ3) is 5.68. The zero-order chi connectivity index (χ0) is 20.5. The lowest BCUT2D eigenvalue weighted by molar-refractivity contribution is 0.0953. The number of hydrogen-bond donors (Lipinski definition) is 2. The molecule has 0 radical (unpaired) electrons. The van der Waals surface area contributed by atoms with E-state index in [4.69, 9.17) is 9.47 Å². The highest BCUT2D eigenvalue weighted by Crippen LogP contribution is 2.25. The van der Waals surface area contributed by atoms with Gasteiger partial charge in [-0.1, -0.05) is 24.3 Å². The zero-order valence-corrected chi connectivity index (χ0v) is 16.5. The number of amides is 1. The van der Waals surface area contributed by atoms with Crippen molar-refractivity contribution in [2.75, 3.05) is 25.6 Å². The maximum Gasteiger partial charge on any atom is 0.254 e. The predicted molar refractivity (Wildman–Crippen MR) is 112 cm³/mol. The second kappa shape index (κ2) is 10.1. The molecule has 2 N–H and O–H groups in total. The van der Waals surface area contributed by atoms with E-state index in [1.807, 2.05) is 55.5 Å². The van der Waals surface area contributed by atoms with Gasteiger partial charge in [-0.15, -0.1) is 0 Å². The Morgan fingerprint density at radius 2 is 1.86 bits per heavy atom. The first-order valence-electron chi connectivity index (χ1n) is 9.41. The fourth-order valence-corrected chi connectivity index (χ4v) is 2.73. The molecule has 7 heteroatoms. The average molecular weight is 392 g/mol. The van der Waals surface area contributed by atoms with Crippen molar-refractivity contribution in [1.29, 1.82) is 0 Å². The molecule has 0 fully saturated rings. The molecule has 0 aliphatic heterocycles. The van der Waals surface area contributed by atoms with Crippen LogP contribution in [-0.2, 0) is 6.42 Å². The van der Waals surface area contributed by atoms with E-state index in [0.717, 1.165) is 22.7 Å². The Labute approximate surface area is 170 Å². The molecule has 0 saturated carbocycles. The molecule has 29 heavy (non-hydrogen) atoms. The van der Waals surface area contributed by atoms with Crippen LogP contribution in [0.5, 0.6) is 11.5 Å². The van der Waals surface area contributed by atoms with Crippen LogP contribution in [0.15, 0.2) is 60.9 Å². The van der Waals surface area contributed by atoms with Crippen LogP contribution in [0.2, 0.25) is 0 Å². The number of anilines is 2. The molecular formula is C22H24N4O3. The number of nitrogens with zero attached hydrogens (tertiary/aromatic N) is 2. The first-order chi connectivity index (χ1) is 14.2. The van der Waals surface area contributed by atoms with Crippen molar-refractivity contribution in [3.05, 3.63) is 72.1 Å². The van der Waals surface area contributed by atoms with Gasteiger partial charge in [-0.05, 0) is 43.2 Å². The van der Waals surface area contributed by atoms with E-state index in [1.54, 1.807) is 7.11 Å². The summed E-state index contributed by atoms with van der Waals surface area (Å²) in [6.45, 7) is 3.00. The standard InChI is InChI=1S/C22H24N4O3/c1-3-29-20-10-5-4-9-19(20)26-22-24-14-17(15-25-22)21(27)23-12-11-16-7-6-8-18(13-16)28-2/h4-10,13-15H,3,11-12H2,1-2H3,(H,23,27)(H,24,25,26). The molecule has 3 rings (SSSR count). The van der Waals surface area contributed by atoms with Crippen LogP contribution in [0, 0.1) is 0 Å². The Hall–Kier alpha value is -3.61. The topological polar surface area (TPSA) is 85.4 Å². The largest absolute Gasteiger partial charge is 0.497 e. The Morgan fingerprint density at radius 1 is 1.07 bits per heavy atom. The van der Waals surface area contributed by atoms with Gasteiger partial charge < -0.3 is 20.1 Å². The van der Waals surface area contributed by atoms with Crippen LogP contribution in [-0.4, -0.2) is 36.1 Å². The number of nitrogens with one attached hydrogen (secondary N) is 2. The lowest BCUT2D eigenvalue weighted by atomic mass is 10.1. The summed E-state index contributed by atoms with van der Waals surface area (Å²) in [5.74, 6) is 1.70. The molecule has 2 aromatic carbocycles. The van der Waals surface area contributed by atoms with Crippen molar-refractivity contribution in [2.45, 2.75) is 13.3 Å². The van der Waals surface area contributed by atoms with Gasteiger partial charge in [0.1, 0.15) is 11.5 Å². The molecule has 150 valence electrons. The molecule has 1 amide bonds. The summed E-state index contributed by atoms with van der Waals surface area (Å²) in [5.41, 5.74) is 2.26. The van der Waals surface area contributed by atoms with Crippen LogP contribution >= 0.6 is 0 Å². The van der Waals surface area contributed by atoms with Crippen LogP contribution in [0.3, 0.4) is 0 Å². The van der Waals surface area contributed by atoms with Crippen molar-refractivity contribution in [3.8, 4) is 11.5 Å². The number of ether oxygens (including phenoxy) is 2. The molecule has 0 unspecified atom stereocenters. The van der Waals surface area contributed by atoms with Crippen LogP contribution in [0.4, 0.5) is 11.6 Å². The number of rotatable bonds is 9. The van der Waals surface area contributed by atoms with Gasteiger partial charge in [0, 0.05) is 18.9 Å². The summed E-state index contributed by atoms with van der Waals surface area (Å²) < 4.78 is 10.8. The number of carbonyl (C=O) groups excluding carboxylic acids is 1. The van der Waals surface area contributed by atoms with E-state index in [9.17, 15) is 4.79 Å². The van der Waals surface area contributed by atoms with Crippen molar-refractivity contribution in [3.63, 3.8) is 0 Å². The minimum atomic E-state index is -0.214. The second-order valence-corrected chi connectivity index (χ2v) is 6.21. The summed E-state index contributed by atoms with van der Waals surface area (Å²) in [7, 11) is 1.63. The highest BCUT2D eigenvalue weighted by molar-refractivity contribution is 5.93. The first-order valence-corrected chi connectivity index (χ1v) is 9.41. The predicted octanol–water partition coefficient (Wildman–Crippen LogP) is 3.60. The number of hydrogen-bond acceptors (Lipinski definition) is 6. The summed E-state index contributed by atoms with van der Waals surface area (Å²) in [5, 5.41) is 5.99.